The van der Waals surface area contributed by atoms with Gasteiger partial charge in [-0.1, -0.05) is 103 Å². The van der Waals surface area contributed by atoms with Crippen molar-refractivity contribution in [2.24, 2.45) is 0 Å². The Morgan fingerprint density at radius 3 is 1.78 bits per heavy atom. The summed E-state index contributed by atoms with van der Waals surface area (Å²) in [5, 5.41) is 6.23. The number of amides is 1. The molecule has 0 atom stereocenters. The molecule has 0 radical (unpaired) electrons. The van der Waals surface area contributed by atoms with Crippen LogP contribution in [0.3, 0.4) is 0 Å². The third-order valence-electron chi connectivity index (χ3n) is 5.76. The third kappa shape index (κ3) is 17.1. The van der Waals surface area contributed by atoms with E-state index in [4.69, 9.17) is 4.74 Å². The molecule has 0 aliphatic rings. The minimum absolute atomic E-state index is 0.0828. The van der Waals surface area contributed by atoms with Crippen molar-refractivity contribution < 1.29 is 9.53 Å². The largest absolute Gasteiger partial charge is 0.491 e. The molecule has 0 saturated heterocycles. The number of hydrogen-bond donors (Lipinski definition) is 2. The Kier molecular flexibility index (Phi) is 17.9. The molecule has 0 aliphatic heterocycles. The van der Waals surface area contributed by atoms with Crippen molar-refractivity contribution in [3.8, 4) is 5.75 Å². The maximum atomic E-state index is 11.9. The zero-order valence-electron chi connectivity index (χ0n) is 21.2. The van der Waals surface area contributed by atoms with Crippen LogP contribution in [-0.4, -0.2) is 25.1 Å². The average molecular weight is 447 g/mol. The Hall–Kier alpha value is -1.55. The van der Waals surface area contributed by atoms with Gasteiger partial charge >= 0.3 is 0 Å². The molecule has 0 fully saturated rings. The SMILES string of the molecule is CCCCCCCCCCCCCCCCNC(=O)CNCc1ccc(OC(C)C)cc1. The van der Waals surface area contributed by atoms with Crippen LogP contribution in [0.2, 0.25) is 0 Å². The molecule has 0 spiro atoms. The maximum absolute atomic E-state index is 11.9. The third-order valence-corrected chi connectivity index (χ3v) is 5.76. The van der Waals surface area contributed by atoms with E-state index in [9.17, 15) is 4.79 Å². The lowest BCUT2D eigenvalue weighted by Crippen LogP contribution is -2.34. The molecule has 4 nitrogen and oxygen atoms in total. The number of hydrogen-bond acceptors (Lipinski definition) is 3. The van der Waals surface area contributed by atoms with E-state index < -0.39 is 0 Å². The minimum atomic E-state index is 0.0828. The predicted molar refractivity (Wildman–Crippen MR) is 137 cm³/mol. The molecule has 1 rings (SSSR count). The van der Waals surface area contributed by atoms with Crippen LogP contribution in [-0.2, 0) is 11.3 Å². The first-order chi connectivity index (χ1) is 15.6. The lowest BCUT2D eigenvalue weighted by atomic mass is 10.0. The summed E-state index contributed by atoms with van der Waals surface area (Å²) in [6.45, 7) is 8.16. The van der Waals surface area contributed by atoms with Crippen LogP contribution >= 0.6 is 0 Å². The van der Waals surface area contributed by atoms with E-state index in [0.717, 1.165) is 24.3 Å². The number of unbranched alkanes of at least 4 members (excludes halogenated alkanes) is 13. The molecule has 0 heterocycles. The Morgan fingerprint density at radius 1 is 0.781 bits per heavy atom. The molecule has 32 heavy (non-hydrogen) atoms. The number of benzene rings is 1. The molecule has 0 bridgehead atoms. The van der Waals surface area contributed by atoms with Gasteiger partial charge in [0.1, 0.15) is 5.75 Å². The number of nitrogens with one attached hydrogen (secondary N) is 2. The molecule has 2 N–H and O–H groups in total. The van der Waals surface area contributed by atoms with Gasteiger partial charge in [0.15, 0.2) is 0 Å². The van der Waals surface area contributed by atoms with Crippen LogP contribution in [0.25, 0.3) is 0 Å². The van der Waals surface area contributed by atoms with Crippen LogP contribution in [0.1, 0.15) is 116 Å². The molecule has 184 valence electrons. The number of rotatable bonds is 21. The second-order valence-electron chi connectivity index (χ2n) is 9.36. The Bertz CT molecular complexity index is 557. The lowest BCUT2D eigenvalue weighted by molar-refractivity contribution is -0.120. The maximum Gasteiger partial charge on any atom is 0.233 e. The molecule has 0 unspecified atom stereocenters. The molecule has 0 aromatic heterocycles. The summed E-state index contributed by atoms with van der Waals surface area (Å²) in [7, 11) is 0. The predicted octanol–water partition coefficient (Wildman–Crippen LogP) is 7.16. The smallest absolute Gasteiger partial charge is 0.233 e. The van der Waals surface area contributed by atoms with E-state index in [1.807, 2.05) is 38.1 Å². The highest BCUT2D eigenvalue weighted by Gasteiger charge is 2.02. The molecule has 0 saturated carbocycles. The van der Waals surface area contributed by atoms with E-state index in [-0.39, 0.29) is 12.0 Å². The van der Waals surface area contributed by atoms with Gasteiger partial charge in [-0.05, 0) is 38.0 Å². The zero-order valence-corrected chi connectivity index (χ0v) is 21.2. The monoisotopic (exact) mass is 446 g/mol. The van der Waals surface area contributed by atoms with E-state index in [1.54, 1.807) is 0 Å². The molecule has 1 aromatic rings. The van der Waals surface area contributed by atoms with Gasteiger partial charge in [-0.2, -0.15) is 0 Å². The molecular formula is C28H50N2O2. The van der Waals surface area contributed by atoms with Crippen molar-refractivity contribution in [3.63, 3.8) is 0 Å². The van der Waals surface area contributed by atoms with Crippen molar-refractivity contribution in [3.05, 3.63) is 29.8 Å². The summed E-state index contributed by atoms with van der Waals surface area (Å²) >= 11 is 0. The zero-order chi connectivity index (χ0) is 23.3. The standard InChI is InChI=1S/C28H50N2O2/c1-4-5-6-7-8-9-10-11-12-13-14-15-16-17-22-30-28(31)24-29-23-26-18-20-27(21-19-26)32-25(2)3/h18-21,25,29H,4-17,22-24H2,1-3H3,(H,30,31). The van der Waals surface area contributed by atoms with Crippen LogP contribution in [0, 0.1) is 0 Å². The van der Waals surface area contributed by atoms with Crippen LogP contribution in [0.4, 0.5) is 0 Å². The summed E-state index contributed by atoms with van der Waals surface area (Å²) in [6, 6.07) is 8.04. The summed E-state index contributed by atoms with van der Waals surface area (Å²) in [5.41, 5.74) is 1.15. The van der Waals surface area contributed by atoms with E-state index in [1.165, 1.54) is 83.5 Å². The minimum Gasteiger partial charge on any atom is -0.491 e. The number of carbonyl (C=O) groups is 1. The fraction of sp³-hybridized carbons (Fsp3) is 0.750. The first kappa shape index (κ1) is 28.5. The Labute approximate surface area is 198 Å². The van der Waals surface area contributed by atoms with E-state index in [2.05, 4.69) is 17.6 Å². The molecule has 0 aliphatic carbocycles. The fourth-order valence-corrected chi connectivity index (χ4v) is 3.89. The van der Waals surface area contributed by atoms with Crippen molar-refractivity contribution in [1.82, 2.24) is 10.6 Å². The lowest BCUT2D eigenvalue weighted by Gasteiger charge is -2.10. The Morgan fingerprint density at radius 2 is 1.28 bits per heavy atom. The highest BCUT2D eigenvalue weighted by atomic mass is 16.5. The van der Waals surface area contributed by atoms with Crippen molar-refractivity contribution in [1.29, 1.82) is 0 Å². The fourth-order valence-electron chi connectivity index (χ4n) is 3.89. The molecule has 1 aromatic carbocycles. The highest BCUT2D eigenvalue weighted by molar-refractivity contribution is 5.77. The van der Waals surface area contributed by atoms with Crippen molar-refractivity contribution in [2.75, 3.05) is 13.1 Å². The van der Waals surface area contributed by atoms with Gasteiger partial charge in [0.05, 0.1) is 12.6 Å². The first-order valence-electron chi connectivity index (χ1n) is 13.3. The highest BCUT2D eigenvalue weighted by Crippen LogP contribution is 2.14. The summed E-state index contributed by atoms with van der Waals surface area (Å²) < 4.78 is 5.65. The summed E-state index contributed by atoms with van der Waals surface area (Å²) in [4.78, 5) is 11.9. The molecule has 4 heteroatoms. The van der Waals surface area contributed by atoms with Gasteiger partial charge in [0.2, 0.25) is 5.91 Å². The van der Waals surface area contributed by atoms with Gasteiger partial charge in [0.25, 0.3) is 0 Å². The molecule has 1 amide bonds. The van der Waals surface area contributed by atoms with Gasteiger partial charge < -0.3 is 15.4 Å². The topological polar surface area (TPSA) is 50.4 Å². The Balaban J connectivity index is 1.85. The van der Waals surface area contributed by atoms with Gasteiger partial charge in [-0.15, -0.1) is 0 Å². The molecular weight excluding hydrogens is 396 g/mol. The second kappa shape index (κ2) is 20.1. The quantitative estimate of drug-likeness (QED) is 0.197. The normalized spacial score (nSPS) is 11.1. The second-order valence-corrected chi connectivity index (χ2v) is 9.36. The first-order valence-corrected chi connectivity index (χ1v) is 13.3. The van der Waals surface area contributed by atoms with Crippen LogP contribution in [0.5, 0.6) is 5.75 Å². The van der Waals surface area contributed by atoms with Crippen molar-refractivity contribution in [2.45, 2.75) is 123 Å². The van der Waals surface area contributed by atoms with Gasteiger partial charge in [-0.25, -0.2) is 0 Å². The number of ether oxygens (including phenoxy) is 1. The average Bonchev–Trinajstić information content (AvgIpc) is 2.77. The summed E-state index contributed by atoms with van der Waals surface area (Å²) in [6.07, 6.45) is 19.2. The summed E-state index contributed by atoms with van der Waals surface area (Å²) in [5.74, 6) is 0.967. The van der Waals surface area contributed by atoms with Crippen LogP contribution < -0.4 is 15.4 Å². The van der Waals surface area contributed by atoms with Crippen molar-refractivity contribution >= 4 is 5.91 Å². The van der Waals surface area contributed by atoms with Crippen LogP contribution in [0.15, 0.2) is 24.3 Å². The van der Waals surface area contributed by atoms with E-state index in [0.29, 0.717) is 13.1 Å². The van der Waals surface area contributed by atoms with E-state index >= 15 is 0 Å². The van der Waals surface area contributed by atoms with Gasteiger partial charge in [0, 0.05) is 13.1 Å². The van der Waals surface area contributed by atoms with Gasteiger partial charge in [-0.3, -0.25) is 4.79 Å². The number of carbonyl (C=O) groups excluding carboxylic acids is 1.